The van der Waals surface area contributed by atoms with Crippen molar-refractivity contribution < 1.29 is 0 Å². The van der Waals surface area contributed by atoms with Gasteiger partial charge in [0.15, 0.2) is 4.96 Å². The maximum Gasteiger partial charge on any atom is 0.259 e. The molecule has 0 spiro atoms. The second-order valence-electron chi connectivity index (χ2n) is 5.36. The maximum absolute atomic E-state index is 12.6. The van der Waals surface area contributed by atoms with Crippen LogP contribution in [0.5, 0.6) is 0 Å². The SMILES string of the molecule is O=c1cc(/C=C/c2cccnc2)nc2scc(-c3ccccc3Cl)n12. The van der Waals surface area contributed by atoms with Gasteiger partial charge in [0.2, 0.25) is 0 Å². The van der Waals surface area contributed by atoms with Crippen LogP contribution < -0.4 is 5.56 Å². The van der Waals surface area contributed by atoms with E-state index >= 15 is 0 Å². The summed E-state index contributed by atoms with van der Waals surface area (Å²) in [7, 11) is 0. The van der Waals surface area contributed by atoms with E-state index < -0.39 is 0 Å². The van der Waals surface area contributed by atoms with Crippen LogP contribution in [-0.4, -0.2) is 14.4 Å². The van der Waals surface area contributed by atoms with Gasteiger partial charge < -0.3 is 0 Å². The molecule has 0 fully saturated rings. The lowest BCUT2D eigenvalue weighted by atomic mass is 10.2. The van der Waals surface area contributed by atoms with E-state index in [0.29, 0.717) is 15.7 Å². The number of benzene rings is 1. The Morgan fingerprint density at radius 2 is 2.00 bits per heavy atom. The van der Waals surface area contributed by atoms with Crippen LogP contribution in [0.2, 0.25) is 5.02 Å². The molecule has 122 valence electrons. The zero-order valence-electron chi connectivity index (χ0n) is 13.0. The highest BCUT2D eigenvalue weighted by molar-refractivity contribution is 7.15. The summed E-state index contributed by atoms with van der Waals surface area (Å²) in [5.74, 6) is 0. The minimum atomic E-state index is -0.132. The first-order chi connectivity index (χ1) is 12.2. The summed E-state index contributed by atoms with van der Waals surface area (Å²) in [6.45, 7) is 0. The third-order valence-electron chi connectivity index (χ3n) is 3.71. The lowest BCUT2D eigenvalue weighted by Crippen LogP contribution is -2.13. The van der Waals surface area contributed by atoms with Crippen molar-refractivity contribution in [3.05, 3.63) is 86.9 Å². The van der Waals surface area contributed by atoms with Gasteiger partial charge in [-0.15, -0.1) is 11.3 Å². The summed E-state index contributed by atoms with van der Waals surface area (Å²) in [4.78, 5) is 21.9. The first-order valence-corrected chi connectivity index (χ1v) is 8.82. The summed E-state index contributed by atoms with van der Waals surface area (Å²) in [5, 5.41) is 2.51. The third kappa shape index (κ3) is 3.12. The van der Waals surface area contributed by atoms with Crippen molar-refractivity contribution in [1.82, 2.24) is 14.4 Å². The second-order valence-corrected chi connectivity index (χ2v) is 6.60. The van der Waals surface area contributed by atoms with Crippen LogP contribution in [0, 0.1) is 0 Å². The number of aromatic nitrogens is 3. The number of hydrogen-bond donors (Lipinski definition) is 0. The van der Waals surface area contributed by atoms with Crippen molar-refractivity contribution >= 4 is 40.1 Å². The molecule has 0 aliphatic heterocycles. The van der Waals surface area contributed by atoms with Gasteiger partial charge in [-0.05, 0) is 23.8 Å². The molecule has 0 bridgehead atoms. The molecular formula is C19H12ClN3OS. The number of fused-ring (bicyclic) bond motifs is 1. The van der Waals surface area contributed by atoms with Crippen LogP contribution >= 0.6 is 22.9 Å². The van der Waals surface area contributed by atoms with Gasteiger partial charge in [0.05, 0.1) is 11.4 Å². The fraction of sp³-hybridized carbons (Fsp3) is 0. The smallest absolute Gasteiger partial charge is 0.259 e. The quantitative estimate of drug-likeness (QED) is 0.531. The molecule has 1 aromatic carbocycles. The molecule has 0 unspecified atom stereocenters. The molecular weight excluding hydrogens is 354 g/mol. The number of thiazole rings is 1. The van der Waals surface area contributed by atoms with Gasteiger partial charge in [-0.2, -0.15) is 0 Å². The topological polar surface area (TPSA) is 47.3 Å². The first-order valence-electron chi connectivity index (χ1n) is 7.57. The summed E-state index contributed by atoms with van der Waals surface area (Å²) < 4.78 is 1.59. The van der Waals surface area contributed by atoms with Gasteiger partial charge in [0, 0.05) is 34.4 Å². The van der Waals surface area contributed by atoms with Gasteiger partial charge in [0.1, 0.15) is 0 Å². The second kappa shape index (κ2) is 6.63. The van der Waals surface area contributed by atoms with Crippen molar-refractivity contribution in [3.63, 3.8) is 0 Å². The molecule has 0 aliphatic carbocycles. The maximum atomic E-state index is 12.6. The van der Waals surface area contributed by atoms with Gasteiger partial charge in [0.25, 0.3) is 5.56 Å². The van der Waals surface area contributed by atoms with Crippen LogP contribution in [0.25, 0.3) is 28.4 Å². The lowest BCUT2D eigenvalue weighted by molar-refractivity contribution is 1.08. The third-order valence-corrected chi connectivity index (χ3v) is 4.86. The van der Waals surface area contributed by atoms with Crippen LogP contribution in [0.15, 0.2) is 65.0 Å². The Hall–Kier alpha value is -2.76. The monoisotopic (exact) mass is 365 g/mol. The Labute approximate surface area is 152 Å². The van der Waals surface area contributed by atoms with Crippen LogP contribution in [0.4, 0.5) is 0 Å². The molecule has 3 heterocycles. The number of pyridine rings is 1. The van der Waals surface area contributed by atoms with Gasteiger partial charge in [-0.1, -0.05) is 41.9 Å². The van der Waals surface area contributed by atoms with Crippen molar-refractivity contribution in [3.8, 4) is 11.3 Å². The molecule has 4 rings (SSSR count). The molecule has 0 atom stereocenters. The van der Waals surface area contributed by atoms with Gasteiger partial charge >= 0.3 is 0 Å². The van der Waals surface area contributed by atoms with Crippen molar-refractivity contribution in [2.24, 2.45) is 0 Å². The highest BCUT2D eigenvalue weighted by Crippen LogP contribution is 2.30. The van der Waals surface area contributed by atoms with E-state index in [0.717, 1.165) is 16.8 Å². The lowest BCUT2D eigenvalue weighted by Gasteiger charge is -2.04. The molecule has 6 heteroatoms. The molecule has 0 radical (unpaired) electrons. The van der Waals surface area contributed by atoms with Crippen molar-refractivity contribution in [2.45, 2.75) is 0 Å². The van der Waals surface area contributed by atoms with Crippen LogP contribution in [0.1, 0.15) is 11.3 Å². The van der Waals surface area contributed by atoms with Crippen LogP contribution in [0.3, 0.4) is 0 Å². The molecule has 0 saturated heterocycles. The Kier molecular flexibility index (Phi) is 4.17. The molecule has 0 aliphatic rings. The molecule has 4 nitrogen and oxygen atoms in total. The first kappa shape index (κ1) is 15.7. The molecule has 25 heavy (non-hydrogen) atoms. The van der Waals surface area contributed by atoms with E-state index in [-0.39, 0.29) is 5.56 Å². The predicted octanol–water partition coefficient (Wildman–Crippen LogP) is 4.64. The predicted molar refractivity (Wildman–Crippen MR) is 103 cm³/mol. The van der Waals surface area contributed by atoms with E-state index in [9.17, 15) is 4.79 Å². The minimum Gasteiger partial charge on any atom is -0.269 e. The van der Waals surface area contributed by atoms with Gasteiger partial charge in [-0.25, -0.2) is 4.98 Å². The van der Waals surface area contributed by atoms with E-state index in [1.54, 1.807) is 16.8 Å². The number of rotatable bonds is 3. The number of halogens is 1. The van der Waals surface area contributed by atoms with Gasteiger partial charge in [-0.3, -0.25) is 14.2 Å². The summed E-state index contributed by atoms with van der Waals surface area (Å²) in [5.41, 5.74) is 3.00. The Morgan fingerprint density at radius 3 is 2.80 bits per heavy atom. The average Bonchev–Trinajstić information content (AvgIpc) is 3.06. The number of nitrogens with zero attached hydrogens (tertiary/aromatic N) is 3. The minimum absolute atomic E-state index is 0.132. The Bertz CT molecular complexity index is 1130. The molecule has 0 amide bonds. The van der Waals surface area contributed by atoms with E-state index in [4.69, 9.17) is 11.6 Å². The highest BCUT2D eigenvalue weighted by atomic mass is 35.5. The summed E-state index contributed by atoms with van der Waals surface area (Å²) in [6, 6.07) is 12.8. The number of hydrogen-bond acceptors (Lipinski definition) is 4. The Morgan fingerprint density at radius 1 is 1.12 bits per heavy atom. The highest BCUT2D eigenvalue weighted by Gasteiger charge is 2.12. The fourth-order valence-corrected chi connectivity index (χ4v) is 3.67. The Balaban J connectivity index is 1.79. The fourth-order valence-electron chi connectivity index (χ4n) is 2.53. The standard InChI is InChI=1S/C19H12ClN3OS/c20-16-6-2-1-5-15(16)17-12-25-19-22-14(10-18(24)23(17)19)8-7-13-4-3-9-21-11-13/h1-12H/b8-7+. The molecule has 3 aromatic heterocycles. The zero-order valence-corrected chi connectivity index (χ0v) is 14.5. The van der Waals surface area contributed by atoms with Crippen molar-refractivity contribution in [1.29, 1.82) is 0 Å². The van der Waals surface area contributed by atoms with E-state index in [1.165, 1.54) is 17.4 Å². The summed E-state index contributed by atoms with van der Waals surface area (Å²) >= 11 is 7.68. The molecule has 0 saturated carbocycles. The normalized spacial score (nSPS) is 11.4. The van der Waals surface area contributed by atoms with E-state index in [1.807, 2.05) is 53.9 Å². The average molecular weight is 366 g/mol. The summed E-state index contributed by atoms with van der Waals surface area (Å²) in [6.07, 6.45) is 7.17. The largest absolute Gasteiger partial charge is 0.269 e. The molecule has 0 N–H and O–H groups in total. The van der Waals surface area contributed by atoms with Crippen LogP contribution in [-0.2, 0) is 0 Å². The molecule has 4 aromatic rings. The zero-order chi connectivity index (χ0) is 17.2. The van der Waals surface area contributed by atoms with Crippen molar-refractivity contribution in [2.75, 3.05) is 0 Å². The van der Waals surface area contributed by atoms with E-state index in [2.05, 4.69) is 9.97 Å².